The van der Waals surface area contributed by atoms with Crippen molar-refractivity contribution in [2.24, 2.45) is 0 Å². The van der Waals surface area contributed by atoms with Crippen LogP contribution in [0.15, 0.2) is 115 Å². The van der Waals surface area contributed by atoms with E-state index >= 15 is 0 Å². The van der Waals surface area contributed by atoms with Crippen molar-refractivity contribution >= 4 is 0 Å². The van der Waals surface area contributed by atoms with Crippen molar-refractivity contribution in [3.05, 3.63) is 138 Å². The topological polar surface area (TPSA) is 15.7 Å². The summed E-state index contributed by atoms with van der Waals surface area (Å²) < 4.78 is 6.03. The van der Waals surface area contributed by atoms with Gasteiger partial charge in [-0.05, 0) is 34.4 Å². The van der Waals surface area contributed by atoms with Gasteiger partial charge in [0.1, 0.15) is 12.4 Å². The third-order valence-electron chi connectivity index (χ3n) is 6.25. The van der Waals surface area contributed by atoms with Crippen LogP contribution in [-0.2, 0) is 19.7 Å². The lowest BCUT2D eigenvalue weighted by Gasteiger charge is -2.31. The summed E-state index contributed by atoms with van der Waals surface area (Å²) in [6, 6.07) is 40.5. The molecule has 166 valence electrons. The molecule has 1 saturated heterocycles. The fourth-order valence-corrected chi connectivity index (χ4v) is 4.60. The van der Waals surface area contributed by atoms with Gasteiger partial charge >= 0.3 is 0 Å². The molecule has 0 spiro atoms. The lowest BCUT2D eigenvalue weighted by molar-refractivity contribution is 0.125. The first-order chi connectivity index (χ1) is 16.3. The van der Waals surface area contributed by atoms with Crippen LogP contribution in [0.2, 0.25) is 0 Å². The van der Waals surface area contributed by atoms with Crippen LogP contribution in [0.25, 0.3) is 0 Å². The molecule has 5 rings (SSSR count). The standard InChI is InChI=1S/C30H30N2O/c1-4-10-25(11-5-1)22-31-20-21-32(23-26-12-6-2-7-13-26)30(31)28-16-18-29(19-17-28)33-24-27-14-8-3-9-15-27/h1-19,30H,20-24H2. The fourth-order valence-electron chi connectivity index (χ4n) is 4.60. The molecule has 0 aliphatic carbocycles. The van der Waals surface area contributed by atoms with E-state index in [1.165, 1.54) is 22.3 Å². The lowest BCUT2D eigenvalue weighted by Crippen LogP contribution is -2.30. The predicted octanol–water partition coefficient (Wildman–Crippen LogP) is 6.28. The van der Waals surface area contributed by atoms with E-state index in [2.05, 4.69) is 107 Å². The van der Waals surface area contributed by atoms with Crippen molar-refractivity contribution in [2.75, 3.05) is 13.1 Å². The summed E-state index contributed by atoms with van der Waals surface area (Å²) in [6.45, 7) is 4.59. The summed E-state index contributed by atoms with van der Waals surface area (Å²) in [5.74, 6) is 0.907. The second-order valence-corrected chi connectivity index (χ2v) is 8.63. The number of hydrogen-bond acceptors (Lipinski definition) is 3. The summed E-state index contributed by atoms with van der Waals surface area (Å²) in [6.07, 6.45) is 0.244. The van der Waals surface area contributed by atoms with Gasteiger partial charge < -0.3 is 4.74 Å². The maximum Gasteiger partial charge on any atom is 0.119 e. The largest absolute Gasteiger partial charge is 0.489 e. The van der Waals surface area contributed by atoms with Gasteiger partial charge in [-0.3, -0.25) is 9.80 Å². The Morgan fingerprint density at radius 3 is 1.48 bits per heavy atom. The van der Waals surface area contributed by atoms with E-state index < -0.39 is 0 Å². The minimum Gasteiger partial charge on any atom is -0.489 e. The highest BCUT2D eigenvalue weighted by molar-refractivity contribution is 5.31. The van der Waals surface area contributed by atoms with Crippen molar-refractivity contribution in [3.63, 3.8) is 0 Å². The molecule has 4 aromatic rings. The molecule has 1 aliphatic rings. The second kappa shape index (κ2) is 10.5. The molecule has 0 radical (unpaired) electrons. The Morgan fingerprint density at radius 1 is 0.545 bits per heavy atom. The molecule has 0 N–H and O–H groups in total. The molecule has 3 nitrogen and oxygen atoms in total. The summed E-state index contributed by atoms with van der Waals surface area (Å²) in [7, 11) is 0. The van der Waals surface area contributed by atoms with E-state index in [0.717, 1.165) is 31.9 Å². The second-order valence-electron chi connectivity index (χ2n) is 8.63. The molecule has 1 heterocycles. The van der Waals surface area contributed by atoms with Crippen LogP contribution in [0.1, 0.15) is 28.4 Å². The Kier molecular flexibility index (Phi) is 6.81. The van der Waals surface area contributed by atoms with Gasteiger partial charge in [0.15, 0.2) is 0 Å². The van der Waals surface area contributed by atoms with Crippen LogP contribution in [0.4, 0.5) is 0 Å². The SMILES string of the molecule is c1ccc(COc2ccc(C3N(Cc4ccccc4)CCN3Cc3ccccc3)cc2)cc1. The van der Waals surface area contributed by atoms with Crippen LogP contribution in [0, 0.1) is 0 Å². The molecule has 33 heavy (non-hydrogen) atoms. The van der Waals surface area contributed by atoms with E-state index in [1.807, 2.05) is 18.2 Å². The van der Waals surface area contributed by atoms with Crippen molar-refractivity contribution in [3.8, 4) is 5.75 Å². The molecule has 0 aromatic heterocycles. The quantitative estimate of drug-likeness (QED) is 0.324. The molecule has 0 bridgehead atoms. The van der Waals surface area contributed by atoms with Gasteiger partial charge in [-0.2, -0.15) is 0 Å². The fraction of sp³-hybridized carbons (Fsp3) is 0.200. The highest BCUT2D eigenvalue weighted by atomic mass is 16.5. The summed E-state index contributed by atoms with van der Waals surface area (Å²) >= 11 is 0. The molecule has 0 amide bonds. The van der Waals surface area contributed by atoms with Crippen LogP contribution in [0.3, 0.4) is 0 Å². The van der Waals surface area contributed by atoms with Crippen LogP contribution in [0.5, 0.6) is 5.75 Å². The molecular formula is C30H30N2O. The highest BCUT2D eigenvalue weighted by Crippen LogP contribution is 2.33. The molecule has 1 aliphatic heterocycles. The predicted molar refractivity (Wildman–Crippen MR) is 134 cm³/mol. The first-order valence-electron chi connectivity index (χ1n) is 11.7. The zero-order valence-electron chi connectivity index (χ0n) is 18.9. The molecule has 1 fully saturated rings. The van der Waals surface area contributed by atoms with Gasteiger partial charge in [-0.25, -0.2) is 0 Å². The summed E-state index contributed by atoms with van der Waals surface area (Å²) in [5, 5.41) is 0. The molecule has 0 atom stereocenters. The zero-order valence-corrected chi connectivity index (χ0v) is 18.9. The number of ether oxygens (including phenoxy) is 1. The highest BCUT2D eigenvalue weighted by Gasteiger charge is 2.33. The zero-order chi connectivity index (χ0) is 22.3. The third kappa shape index (κ3) is 5.51. The maximum absolute atomic E-state index is 6.03. The number of rotatable bonds is 8. The van der Waals surface area contributed by atoms with Gasteiger partial charge in [0.25, 0.3) is 0 Å². The van der Waals surface area contributed by atoms with Crippen LogP contribution in [-0.4, -0.2) is 22.9 Å². The molecule has 0 unspecified atom stereocenters. The van der Waals surface area contributed by atoms with E-state index in [4.69, 9.17) is 4.74 Å². The number of hydrogen-bond donors (Lipinski definition) is 0. The monoisotopic (exact) mass is 434 g/mol. The van der Waals surface area contributed by atoms with E-state index in [0.29, 0.717) is 6.61 Å². The molecule has 0 saturated carbocycles. The van der Waals surface area contributed by atoms with Crippen molar-refractivity contribution in [1.29, 1.82) is 0 Å². The number of benzene rings is 4. The van der Waals surface area contributed by atoms with Crippen LogP contribution >= 0.6 is 0 Å². The summed E-state index contributed by atoms with van der Waals surface area (Å²) in [4.78, 5) is 5.16. The van der Waals surface area contributed by atoms with Gasteiger partial charge in [-0.15, -0.1) is 0 Å². The average molecular weight is 435 g/mol. The van der Waals surface area contributed by atoms with Gasteiger partial charge in [0.2, 0.25) is 0 Å². The van der Waals surface area contributed by atoms with E-state index in [1.54, 1.807) is 0 Å². The van der Waals surface area contributed by atoms with Crippen molar-refractivity contribution in [2.45, 2.75) is 25.9 Å². The smallest absolute Gasteiger partial charge is 0.119 e. The van der Waals surface area contributed by atoms with Gasteiger partial charge in [0, 0.05) is 26.2 Å². The Hall–Kier alpha value is -3.40. The van der Waals surface area contributed by atoms with Crippen molar-refractivity contribution in [1.82, 2.24) is 9.80 Å². The van der Waals surface area contributed by atoms with E-state index in [9.17, 15) is 0 Å². The normalized spacial score (nSPS) is 15.0. The first kappa shape index (κ1) is 21.4. The lowest BCUT2D eigenvalue weighted by atomic mass is 10.1. The minimum atomic E-state index is 0.244. The molecular weight excluding hydrogens is 404 g/mol. The minimum absolute atomic E-state index is 0.244. The Bertz CT molecular complexity index is 1060. The molecule has 4 aromatic carbocycles. The average Bonchev–Trinajstić information content (AvgIpc) is 3.26. The van der Waals surface area contributed by atoms with Gasteiger partial charge in [-0.1, -0.05) is 103 Å². The van der Waals surface area contributed by atoms with E-state index in [-0.39, 0.29) is 6.17 Å². The van der Waals surface area contributed by atoms with Gasteiger partial charge in [0.05, 0.1) is 6.17 Å². The third-order valence-corrected chi connectivity index (χ3v) is 6.25. The Morgan fingerprint density at radius 2 is 1.00 bits per heavy atom. The van der Waals surface area contributed by atoms with Crippen molar-refractivity contribution < 1.29 is 4.74 Å². The molecule has 3 heteroatoms. The maximum atomic E-state index is 6.03. The summed E-state index contributed by atoms with van der Waals surface area (Å²) in [5.41, 5.74) is 5.20. The number of nitrogens with zero attached hydrogens (tertiary/aromatic N) is 2. The first-order valence-corrected chi connectivity index (χ1v) is 11.7. The Labute approximate surface area is 196 Å². The Balaban J connectivity index is 1.34. The van der Waals surface area contributed by atoms with Crippen LogP contribution < -0.4 is 4.74 Å².